The summed E-state index contributed by atoms with van der Waals surface area (Å²) >= 11 is 0. The van der Waals surface area contributed by atoms with Crippen molar-refractivity contribution in [3.05, 3.63) is 35.9 Å². The number of rotatable bonds is 6. The molecule has 0 aliphatic rings. The molecule has 3 N–H and O–H groups in total. The average molecular weight is 278 g/mol. The highest BCUT2D eigenvalue weighted by molar-refractivity contribution is 5.87. The lowest BCUT2D eigenvalue weighted by Gasteiger charge is -2.24. The summed E-state index contributed by atoms with van der Waals surface area (Å²) in [6.07, 6.45) is 0. The molecule has 0 heterocycles. The van der Waals surface area contributed by atoms with Gasteiger partial charge < -0.3 is 15.8 Å². The SMILES string of the molecule is CCOC(=O)C(C)CNC(=O)C(C)(N)c1ccccc1. The van der Waals surface area contributed by atoms with Gasteiger partial charge in [-0.15, -0.1) is 0 Å². The fourth-order valence-electron chi connectivity index (χ4n) is 1.71. The van der Waals surface area contributed by atoms with Crippen LogP contribution in [-0.4, -0.2) is 25.0 Å². The Morgan fingerprint density at radius 2 is 1.95 bits per heavy atom. The fraction of sp³-hybridized carbons (Fsp3) is 0.467. The fourth-order valence-corrected chi connectivity index (χ4v) is 1.71. The van der Waals surface area contributed by atoms with Gasteiger partial charge in [0.15, 0.2) is 0 Å². The zero-order valence-corrected chi connectivity index (χ0v) is 12.2. The van der Waals surface area contributed by atoms with Gasteiger partial charge in [0.2, 0.25) is 5.91 Å². The maximum Gasteiger partial charge on any atom is 0.310 e. The highest BCUT2D eigenvalue weighted by Gasteiger charge is 2.30. The van der Waals surface area contributed by atoms with Crippen LogP contribution in [0.4, 0.5) is 0 Å². The molecule has 20 heavy (non-hydrogen) atoms. The summed E-state index contributed by atoms with van der Waals surface area (Å²) in [6.45, 7) is 5.63. The minimum atomic E-state index is -1.13. The molecule has 1 aromatic carbocycles. The molecule has 1 rings (SSSR count). The quantitative estimate of drug-likeness (QED) is 0.765. The molecule has 0 saturated carbocycles. The Hall–Kier alpha value is -1.88. The minimum Gasteiger partial charge on any atom is -0.466 e. The van der Waals surface area contributed by atoms with Crippen LogP contribution >= 0.6 is 0 Å². The Labute approximate surface area is 119 Å². The van der Waals surface area contributed by atoms with E-state index in [9.17, 15) is 9.59 Å². The molecule has 2 unspecified atom stereocenters. The Morgan fingerprint density at radius 3 is 2.50 bits per heavy atom. The number of nitrogens with two attached hydrogens (primary N) is 1. The van der Waals surface area contributed by atoms with E-state index >= 15 is 0 Å². The lowest BCUT2D eigenvalue weighted by molar-refractivity contribution is -0.147. The molecule has 1 amide bonds. The number of hydrogen-bond acceptors (Lipinski definition) is 4. The topological polar surface area (TPSA) is 81.4 Å². The summed E-state index contributed by atoms with van der Waals surface area (Å²) < 4.78 is 4.88. The second-order valence-corrected chi connectivity index (χ2v) is 4.93. The predicted octanol–water partition coefficient (Wildman–Crippen LogP) is 1.18. The molecule has 0 aliphatic carbocycles. The van der Waals surface area contributed by atoms with Gasteiger partial charge in [0.25, 0.3) is 0 Å². The van der Waals surface area contributed by atoms with Crippen LogP contribution in [0.15, 0.2) is 30.3 Å². The van der Waals surface area contributed by atoms with E-state index in [2.05, 4.69) is 5.32 Å². The number of benzene rings is 1. The number of carbonyl (C=O) groups is 2. The van der Waals surface area contributed by atoms with E-state index in [0.717, 1.165) is 5.56 Å². The molecule has 0 fully saturated rings. The molecule has 0 saturated heterocycles. The highest BCUT2D eigenvalue weighted by atomic mass is 16.5. The van der Waals surface area contributed by atoms with E-state index in [1.54, 1.807) is 32.9 Å². The Bertz CT molecular complexity index is 457. The number of amides is 1. The summed E-state index contributed by atoms with van der Waals surface area (Å²) in [5.41, 5.74) is 5.67. The Balaban J connectivity index is 2.60. The van der Waals surface area contributed by atoms with Crippen molar-refractivity contribution in [2.24, 2.45) is 11.7 Å². The van der Waals surface area contributed by atoms with Crippen LogP contribution in [0.3, 0.4) is 0 Å². The Morgan fingerprint density at radius 1 is 1.35 bits per heavy atom. The van der Waals surface area contributed by atoms with Crippen LogP contribution in [0.1, 0.15) is 26.3 Å². The highest BCUT2D eigenvalue weighted by Crippen LogP contribution is 2.17. The van der Waals surface area contributed by atoms with E-state index in [0.29, 0.717) is 6.61 Å². The van der Waals surface area contributed by atoms with Crippen molar-refractivity contribution in [2.75, 3.05) is 13.2 Å². The monoisotopic (exact) mass is 278 g/mol. The van der Waals surface area contributed by atoms with Crippen molar-refractivity contribution in [1.82, 2.24) is 5.32 Å². The molecule has 110 valence electrons. The van der Waals surface area contributed by atoms with Crippen LogP contribution in [0.5, 0.6) is 0 Å². The number of ether oxygens (including phenoxy) is 1. The van der Waals surface area contributed by atoms with E-state index < -0.39 is 11.5 Å². The third kappa shape index (κ3) is 4.06. The van der Waals surface area contributed by atoms with Gasteiger partial charge in [0, 0.05) is 6.54 Å². The summed E-state index contributed by atoms with van der Waals surface area (Å²) in [5.74, 6) is -1.04. The zero-order chi connectivity index (χ0) is 15.2. The first-order valence-corrected chi connectivity index (χ1v) is 6.69. The van der Waals surface area contributed by atoms with Crippen LogP contribution in [0.2, 0.25) is 0 Å². The minimum absolute atomic E-state index is 0.206. The molecule has 5 nitrogen and oxygen atoms in total. The molecule has 0 radical (unpaired) electrons. The third-order valence-electron chi connectivity index (χ3n) is 3.10. The first-order chi connectivity index (χ1) is 9.39. The van der Waals surface area contributed by atoms with Crippen LogP contribution in [0.25, 0.3) is 0 Å². The van der Waals surface area contributed by atoms with Crippen molar-refractivity contribution in [1.29, 1.82) is 0 Å². The van der Waals surface area contributed by atoms with Crippen molar-refractivity contribution >= 4 is 11.9 Å². The van der Waals surface area contributed by atoms with Gasteiger partial charge in [-0.3, -0.25) is 9.59 Å². The number of hydrogen-bond donors (Lipinski definition) is 2. The van der Waals surface area contributed by atoms with Crippen LogP contribution in [-0.2, 0) is 19.9 Å². The predicted molar refractivity (Wildman–Crippen MR) is 76.8 cm³/mol. The summed E-state index contributed by atoms with van der Waals surface area (Å²) in [5, 5.41) is 2.70. The lowest BCUT2D eigenvalue weighted by Crippen LogP contribution is -2.50. The third-order valence-corrected chi connectivity index (χ3v) is 3.10. The largest absolute Gasteiger partial charge is 0.466 e. The maximum atomic E-state index is 12.2. The first-order valence-electron chi connectivity index (χ1n) is 6.69. The molecule has 0 bridgehead atoms. The molecule has 2 atom stereocenters. The molecular weight excluding hydrogens is 256 g/mol. The second-order valence-electron chi connectivity index (χ2n) is 4.93. The Kier molecular flexibility index (Phi) is 5.70. The van der Waals surface area contributed by atoms with Crippen LogP contribution < -0.4 is 11.1 Å². The molecular formula is C15H22N2O3. The summed E-state index contributed by atoms with van der Waals surface area (Å²) in [6, 6.07) is 9.12. The van der Waals surface area contributed by atoms with Gasteiger partial charge in [-0.1, -0.05) is 37.3 Å². The normalized spacial score (nSPS) is 15.0. The standard InChI is InChI=1S/C15H22N2O3/c1-4-20-13(18)11(2)10-17-14(19)15(3,16)12-8-6-5-7-9-12/h5-9,11H,4,10,16H2,1-3H3,(H,17,19). The lowest BCUT2D eigenvalue weighted by atomic mass is 9.92. The molecule has 0 spiro atoms. The smallest absolute Gasteiger partial charge is 0.310 e. The van der Waals surface area contributed by atoms with Crippen molar-refractivity contribution in [2.45, 2.75) is 26.3 Å². The van der Waals surface area contributed by atoms with Gasteiger partial charge in [-0.05, 0) is 19.4 Å². The summed E-state index contributed by atoms with van der Waals surface area (Å²) in [4.78, 5) is 23.6. The molecule has 1 aromatic rings. The van der Waals surface area contributed by atoms with Gasteiger partial charge >= 0.3 is 5.97 Å². The first kappa shape index (κ1) is 16.2. The van der Waals surface area contributed by atoms with Crippen molar-refractivity contribution in [3.8, 4) is 0 Å². The van der Waals surface area contributed by atoms with E-state index in [4.69, 9.17) is 10.5 Å². The second kappa shape index (κ2) is 7.05. The van der Waals surface area contributed by atoms with E-state index in [1.807, 2.05) is 18.2 Å². The van der Waals surface area contributed by atoms with Gasteiger partial charge in [-0.2, -0.15) is 0 Å². The number of carbonyl (C=O) groups excluding carboxylic acids is 2. The maximum absolute atomic E-state index is 12.2. The van der Waals surface area contributed by atoms with Gasteiger partial charge in [0.1, 0.15) is 5.54 Å². The molecule has 0 aliphatic heterocycles. The van der Waals surface area contributed by atoms with E-state index in [1.165, 1.54) is 0 Å². The van der Waals surface area contributed by atoms with Gasteiger partial charge in [-0.25, -0.2) is 0 Å². The zero-order valence-electron chi connectivity index (χ0n) is 12.2. The van der Waals surface area contributed by atoms with Gasteiger partial charge in [0.05, 0.1) is 12.5 Å². The average Bonchev–Trinajstić information content (AvgIpc) is 2.45. The van der Waals surface area contributed by atoms with Crippen molar-refractivity contribution < 1.29 is 14.3 Å². The molecule has 0 aromatic heterocycles. The summed E-state index contributed by atoms with van der Waals surface area (Å²) in [7, 11) is 0. The molecule has 5 heteroatoms. The van der Waals surface area contributed by atoms with Crippen molar-refractivity contribution in [3.63, 3.8) is 0 Å². The van der Waals surface area contributed by atoms with Crippen LogP contribution in [0, 0.1) is 5.92 Å². The van der Waals surface area contributed by atoms with E-state index in [-0.39, 0.29) is 18.4 Å². The number of esters is 1. The number of nitrogens with one attached hydrogen (secondary N) is 1.